The van der Waals surface area contributed by atoms with Crippen molar-refractivity contribution in [1.29, 1.82) is 0 Å². The van der Waals surface area contributed by atoms with Crippen molar-refractivity contribution in [2.45, 2.75) is 39.5 Å². The Kier molecular flexibility index (Phi) is 8.94. The van der Waals surface area contributed by atoms with Gasteiger partial charge in [-0.15, -0.1) is 0 Å². The number of halogens is 3. The fourth-order valence-electron chi connectivity index (χ4n) is 4.22. The number of amides is 2. The lowest BCUT2D eigenvalue weighted by Crippen LogP contribution is -2.40. The van der Waals surface area contributed by atoms with E-state index in [1.807, 2.05) is 42.1 Å². The Labute approximate surface area is 210 Å². The Balaban J connectivity index is 1.75. The summed E-state index contributed by atoms with van der Waals surface area (Å²) in [6.07, 6.45) is -3.02. The first-order chi connectivity index (χ1) is 17.0. The molecule has 0 saturated heterocycles. The van der Waals surface area contributed by atoms with E-state index >= 15 is 0 Å². The Morgan fingerprint density at radius 3 is 2.58 bits per heavy atom. The van der Waals surface area contributed by atoms with Gasteiger partial charge in [-0.1, -0.05) is 26.0 Å². The highest BCUT2D eigenvalue weighted by atomic mass is 19.4. The van der Waals surface area contributed by atoms with E-state index in [4.69, 9.17) is 0 Å². The molecule has 1 aliphatic heterocycles. The smallest absolute Gasteiger partial charge is 0.376 e. The lowest BCUT2D eigenvalue weighted by atomic mass is 9.96. The maximum atomic E-state index is 13.5. The maximum Gasteiger partial charge on any atom is 0.418 e. The number of anilines is 1. The third-order valence-corrected chi connectivity index (χ3v) is 6.04. The van der Waals surface area contributed by atoms with Gasteiger partial charge in [-0.25, -0.2) is 0 Å². The number of pyridine rings is 1. The van der Waals surface area contributed by atoms with Gasteiger partial charge in [0.05, 0.1) is 30.8 Å². The van der Waals surface area contributed by atoms with Crippen molar-refractivity contribution in [3.05, 3.63) is 58.9 Å². The van der Waals surface area contributed by atoms with E-state index in [9.17, 15) is 22.8 Å². The van der Waals surface area contributed by atoms with Crippen molar-refractivity contribution >= 4 is 17.5 Å². The van der Waals surface area contributed by atoms with Gasteiger partial charge in [0.2, 0.25) is 11.8 Å². The minimum absolute atomic E-state index is 0.0409. The number of alkyl halides is 3. The summed E-state index contributed by atoms with van der Waals surface area (Å²) in [5.41, 5.74) is 1.55. The molecule has 0 saturated carbocycles. The summed E-state index contributed by atoms with van der Waals surface area (Å²) in [5.74, 6) is 0.0514. The Hall–Kier alpha value is -3.14. The van der Waals surface area contributed by atoms with Gasteiger partial charge in [0.25, 0.3) is 0 Å². The Bertz CT molecular complexity index is 1070. The molecule has 0 fully saturated rings. The maximum absolute atomic E-state index is 13.5. The van der Waals surface area contributed by atoms with Gasteiger partial charge in [-0.3, -0.25) is 14.6 Å². The minimum atomic E-state index is -4.56. The number of aromatic nitrogens is 1. The summed E-state index contributed by atoms with van der Waals surface area (Å²) in [7, 11) is 3.66. The number of nitrogens with zero attached hydrogens (tertiary/aromatic N) is 4. The number of benzene rings is 1. The number of carbonyl (C=O) groups is 2. The fourth-order valence-corrected chi connectivity index (χ4v) is 4.22. The second kappa shape index (κ2) is 11.7. The molecule has 0 aliphatic carbocycles. The first-order valence-electron chi connectivity index (χ1n) is 12.0. The van der Waals surface area contributed by atoms with Crippen LogP contribution in [0, 0.1) is 5.92 Å². The molecule has 2 heterocycles. The van der Waals surface area contributed by atoms with Crippen LogP contribution in [0.25, 0.3) is 0 Å². The fraction of sp³-hybridized carbons (Fsp3) is 0.500. The molecule has 2 aromatic rings. The highest BCUT2D eigenvalue weighted by molar-refractivity contribution is 5.85. The number of nitrogens with one attached hydrogen (secondary N) is 1. The number of likely N-dealkylation sites (N-methyl/N-ethyl adjacent to an activating group) is 1. The molecular formula is C26H34F3N5O2. The largest absolute Gasteiger partial charge is 0.418 e. The zero-order valence-electron chi connectivity index (χ0n) is 21.2. The van der Waals surface area contributed by atoms with Crippen LogP contribution in [-0.2, 0) is 35.3 Å². The lowest BCUT2D eigenvalue weighted by Gasteiger charge is -2.31. The van der Waals surface area contributed by atoms with Crippen molar-refractivity contribution in [2.24, 2.45) is 5.92 Å². The normalized spacial score (nSPS) is 13.8. The average molecular weight is 506 g/mol. The van der Waals surface area contributed by atoms with Crippen LogP contribution in [0.1, 0.15) is 36.2 Å². The van der Waals surface area contributed by atoms with Crippen LogP contribution in [0.5, 0.6) is 0 Å². The second-order valence-corrected chi connectivity index (χ2v) is 9.76. The number of carbonyl (C=O) groups excluding carboxylic acids is 2. The summed E-state index contributed by atoms with van der Waals surface area (Å²) in [6, 6.07) is 7.89. The molecule has 1 aromatic carbocycles. The summed E-state index contributed by atoms with van der Waals surface area (Å²) in [4.78, 5) is 34.8. The standard InChI is InChI=1S/C26H34F3N5O2/c1-18(2)15-34-16-19-7-5-9-22(20(19)13-24(34)35)31-14-25(36)33(12-11-32(3)4)17-23-21(26(27,28)29)8-6-10-30-23/h5-10,18,31H,11-17H2,1-4H3. The SMILES string of the molecule is CC(C)CN1Cc2cccc(NCC(=O)N(CCN(C)C)Cc3ncccc3C(F)(F)F)c2CC1=O. The number of rotatable bonds is 10. The molecule has 3 rings (SSSR count). The molecule has 10 heteroatoms. The second-order valence-electron chi connectivity index (χ2n) is 9.76. The van der Waals surface area contributed by atoms with Gasteiger partial charge >= 0.3 is 6.18 Å². The number of hydrogen-bond acceptors (Lipinski definition) is 5. The molecule has 0 atom stereocenters. The van der Waals surface area contributed by atoms with E-state index in [0.717, 1.165) is 17.2 Å². The van der Waals surface area contributed by atoms with Gasteiger partial charge in [0.15, 0.2) is 0 Å². The van der Waals surface area contributed by atoms with E-state index < -0.39 is 11.7 Å². The third-order valence-electron chi connectivity index (χ3n) is 6.04. The van der Waals surface area contributed by atoms with Crippen molar-refractivity contribution in [1.82, 2.24) is 19.7 Å². The molecule has 0 bridgehead atoms. The Morgan fingerprint density at radius 1 is 1.17 bits per heavy atom. The molecule has 0 unspecified atom stereocenters. The van der Waals surface area contributed by atoms with Crippen LogP contribution >= 0.6 is 0 Å². The summed E-state index contributed by atoms with van der Waals surface area (Å²) in [6.45, 7) is 5.71. The third kappa shape index (κ3) is 7.19. The van der Waals surface area contributed by atoms with Crippen molar-refractivity contribution in [3.63, 3.8) is 0 Å². The molecule has 2 amide bonds. The van der Waals surface area contributed by atoms with E-state index in [2.05, 4.69) is 24.1 Å². The van der Waals surface area contributed by atoms with Crippen LogP contribution in [0.15, 0.2) is 36.5 Å². The molecule has 0 spiro atoms. The molecule has 1 aliphatic rings. The van der Waals surface area contributed by atoms with Crippen LogP contribution in [0.3, 0.4) is 0 Å². The minimum Gasteiger partial charge on any atom is -0.376 e. The van der Waals surface area contributed by atoms with E-state index in [-0.39, 0.29) is 43.6 Å². The van der Waals surface area contributed by atoms with Crippen LogP contribution in [-0.4, -0.2) is 71.8 Å². The van der Waals surface area contributed by atoms with Gasteiger partial charge in [0, 0.05) is 38.1 Å². The molecule has 1 aromatic heterocycles. The summed E-state index contributed by atoms with van der Waals surface area (Å²) < 4.78 is 40.4. The van der Waals surface area contributed by atoms with Crippen molar-refractivity contribution < 1.29 is 22.8 Å². The van der Waals surface area contributed by atoms with Gasteiger partial charge in [-0.2, -0.15) is 13.2 Å². The van der Waals surface area contributed by atoms with Crippen molar-refractivity contribution in [2.75, 3.05) is 45.6 Å². The zero-order valence-corrected chi connectivity index (χ0v) is 21.2. The van der Waals surface area contributed by atoms with Crippen LogP contribution < -0.4 is 5.32 Å². The van der Waals surface area contributed by atoms with Crippen LogP contribution in [0.4, 0.5) is 18.9 Å². The zero-order chi connectivity index (χ0) is 26.5. The molecule has 0 radical (unpaired) electrons. The summed E-state index contributed by atoms with van der Waals surface area (Å²) >= 11 is 0. The lowest BCUT2D eigenvalue weighted by molar-refractivity contribution is -0.140. The van der Waals surface area contributed by atoms with E-state index in [1.165, 1.54) is 17.2 Å². The number of fused-ring (bicyclic) bond motifs is 1. The predicted molar refractivity (Wildman–Crippen MR) is 132 cm³/mol. The van der Waals surface area contributed by atoms with Crippen LogP contribution in [0.2, 0.25) is 0 Å². The first-order valence-corrected chi connectivity index (χ1v) is 12.0. The van der Waals surface area contributed by atoms with Crippen molar-refractivity contribution in [3.8, 4) is 0 Å². The predicted octanol–water partition coefficient (Wildman–Crippen LogP) is 3.64. The van der Waals surface area contributed by atoms with Gasteiger partial charge in [0.1, 0.15) is 0 Å². The molecule has 1 N–H and O–H groups in total. The topological polar surface area (TPSA) is 68.8 Å². The molecule has 196 valence electrons. The highest BCUT2D eigenvalue weighted by Gasteiger charge is 2.34. The van der Waals surface area contributed by atoms with Gasteiger partial charge < -0.3 is 20.0 Å². The Morgan fingerprint density at radius 2 is 1.92 bits per heavy atom. The average Bonchev–Trinajstić information content (AvgIpc) is 2.80. The van der Waals surface area contributed by atoms with Gasteiger partial charge in [-0.05, 0) is 49.3 Å². The van der Waals surface area contributed by atoms with E-state index in [1.54, 1.807) is 0 Å². The monoisotopic (exact) mass is 505 g/mol. The molecule has 7 nitrogen and oxygen atoms in total. The molecular weight excluding hydrogens is 471 g/mol. The summed E-state index contributed by atoms with van der Waals surface area (Å²) in [5, 5.41) is 3.13. The molecule has 36 heavy (non-hydrogen) atoms. The van der Waals surface area contributed by atoms with E-state index in [0.29, 0.717) is 31.2 Å². The number of hydrogen-bond donors (Lipinski definition) is 1. The quantitative estimate of drug-likeness (QED) is 0.534. The highest BCUT2D eigenvalue weighted by Crippen LogP contribution is 2.31. The first kappa shape index (κ1) is 27.4.